The van der Waals surface area contributed by atoms with Gasteiger partial charge in [-0.2, -0.15) is 0 Å². The van der Waals surface area contributed by atoms with Gasteiger partial charge < -0.3 is 8.84 Å². The van der Waals surface area contributed by atoms with Crippen LogP contribution >= 0.6 is 0 Å². The first-order chi connectivity index (χ1) is 8.69. The molecule has 0 aliphatic rings. The lowest BCUT2D eigenvalue weighted by Crippen LogP contribution is -2.43. The van der Waals surface area contributed by atoms with E-state index in [1.54, 1.807) is 12.1 Å². The van der Waals surface area contributed by atoms with Gasteiger partial charge in [0, 0.05) is 11.5 Å². The molecule has 0 aliphatic carbocycles. The fraction of sp³-hybridized carbons (Fsp3) is 0.400. The molecule has 102 valence electrons. The molecule has 0 atom stereocenters. The topological polar surface area (TPSA) is 39.4 Å². The van der Waals surface area contributed by atoms with E-state index in [0.29, 0.717) is 5.58 Å². The summed E-state index contributed by atoms with van der Waals surface area (Å²) in [5.74, 6) is 0.841. The lowest BCUT2D eigenvalue weighted by atomic mass is 10.2. The van der Waals surface area contributed by atoms with Crippen molar-refractivity contribution in [2.45, 2.75) is 38.9 Å². The molecule has 2 aromatic rings. The molecule has 0 unspecified atom stereocenters. The molecule has 0 spiro atoms. The molecule has 19 heavy (non-hydrogen) atoms. The Bertz CT molecular complexity index is 650. The van der Waals surface area contributed by atoms with E-state index in [4.69, 9.17) is 8.84 Å². The predicted octanol–water partition coefficient (Wildman–Crippen LogP) is 4.18. The Morgan fingerprint density at radius 1 is 1.11 bits per heavy atom. The Kier molecular flexibility index (Phi) is 3.30. The third-order valence-electron chi connectivity index (χ3n) is 3.77. The lowest BCUT2D eigenvalue weighted by Gasteiger charge is -2.36. The van der Waals surface area contributed by atoms with E-state index >= 15 is 0 Å². The second-order valence-corrected chi connectivity index (χ2v) is 11.0. The Balaban J connectivity index is 2.37. The van der Waals surface area contributed by atoms with E-state index in [-0.39, 0.29) is 10.7 Å². The van der Waals surface area contributed by atoms with Crippen molar-refractivity contribution in [1.82, 2.24) is 0 Å². The molecule has 0 saturated carbocycles. The van der Waals surface area contributed by atoms with Crippen LogP contribution in [-0.2, 0) is 0 Å². The molecule has 1 aromatic heterocycles. The molecule has 0 saturated heterocycles. The summed E-state index contributed by atoms with van der Waals surface area (Å²) in [4.78, 5) is 11.1. The third kappa shape index (κ3) is 2.89. The Labute approximate surface area is 114 Å². The maximum absolute atomic E-state index is 11.1. The maximum atomic E-state index is 11.1. The van der Waals surface area contributed by atoms with Crippen LogP contribution in [0.3, 0.4) is 0 Å². The van der Waals surface area contributed by atoms with Crippen molar-refractivity contribution in [1.29, 1.82) is 0 Å². The molecule has 0 fully saturated rings. The van der Waals surface area contributed by atoms with Gasteiger partial charge >= 0.3 is 5.63 Å². The van der Waals surface area contributed by atoms with Gasteiger partial charge in [-0.3, -0.25) is 0 Å². The normalized spacial score (nSPS) is 12.7. The molecular weight excluding hydrogens is 256 g/mol. The largest absolute Gasteiger partial charge is 0.543 e. The van der Waals surface area contributed by atoms with Crippen molar-refractivity contribution in [3.05, 3.63) is 40.8 Å². The van der Waals surface area contributed by atoms with Gasteiger partial charge in [0.05, 0.1) is 0 Å². The zero-order chi connectivity index (χ0) is 14.3. The first kappa shape index (κ1) is 13.9. The van der Waals surface area contributed by atoms with Crippen LogP contribution in [0.15, 0.2) is 39.5 Å². The van der Waals surface area contributed by atoms with Crippen LogP contribution in [-0.4, -0.2) is 8.32 Å². The average molecular weight is 276 g/mol. The summed E-state index contributed by atoms with van der Waals surface area (Å²) in [6, 6.07) is 8.78. The first-order valence-electron chi connectivity index (χ1n) is 6.42. The minimum Gasteiger partial charge on any atom is -0.543 e. The van der Waals surface area contributed by atoms with Crippen LogP contribution in [0.4, 0.5) is 0 Å². The van der Waals surface area contributed by atoms with Crippen LogP contribution in [0.1, 0.15) is 20.8 Å². The summed E-state index contributed by atoms with van der Waals surface area (Å²) in [6.45, 7) is 11.0. The number of hydrogen-bond donors (Lipinski definition) is 0. The third-order valence-corrected chi connectivity index (χ3v) is 8.13. The molecule has 0 amide bonds. The average Bonchev–Trinajstić information content (AvgIpc) is 2.27. The number of fused-ring (bicyclic) bond motifs is 1. The standard InChI is InChI=1S/C15H20O3Si/c1-15(2,3)19(4,5)18-12-7-8-13-11(10-12)6-9-14(16)17-13/h6-10H,1-5H3. The van der Waals surface area contributed by atoms with Gasteiger partial charge in [0.1, 0.15) is 11.3 Å². The zero-order valence-corrected chi connectivity index (χ0v) is 13.1. The summed E-state index contributed by atoms with van der Waals surface area (Å²) in [5.41, 5.74) is 0.264. The Morgan fingerprint density at radius 3 is 2.42 bits per heavy atom. The fourth-order valence-electron chi connectivity index (χ4n) is 1.56. The van der Waals surface area contributed by atoms with E-state index in [2.05, 4.69) is 33.9 Å². The summed E-state index contributed by atoms with van der Waals surface area (Å²) in [7, 11) is -1.84. The molecule has 1 heterocycles. The Hall–Kier alpha value is -1.55. The van der Waals surface area contributed by atoms with E-state index in [0.717, 1.165) is 11.1 Å². The van der Waals surface area contributed by atoms with Crippen molar-refractivity contribution in [2.75, 3.05) is 0 Å². The molecule has 0 N–H and O–H groups in total. The van der Waals surface area contributed by atoms with Crippen LogP contribution < -0.4 is 10.1 Å². The zero-order valence-electron chi connectivity index (χ0n) is 12.1. The number of hydrogen-bond acceptors (Lipinski definition) is 3. The lowest BCUT2D eigenvalue weighted by molar-refractivity contribution is 0.492. The quantitative estimate of drug-likeness (QED) is 0.610. The molecule has 2 rings (SSSR count). The van der Waals surface area contributed by atoms with Gasteiger partial charge in [-0.25, -0.2) is 4.79 Å². The molecule has 0 bridgehead atoms. The van der Waals surface area contributed by atoms with Crippen molar-refractivity contribution >= 4 is 19.3 Å². The van der Waals surface area contributed by atoms with Gasteiger partial charge in [-0.05, 0) is 42.4 Å². The highest BCUT2D eigenvalue weighted by atomic mass is 28.4. The van der Waals surface area contributed by atoms with Crippen LogP contribution in [0.2, 0.25) is 18.1 Å². The summed E-state index contributed by atoms with van der Waals surface area (Å²) in [6.07, 6.45) is 0. The number of benzene rings is 1. The van der Waals surface area contributed by atoms with Crippen molar-refractivity contribution in [3.63, 3.8) is 0 Å². The summed E-state index contributed by atoms with van der Waals surface area (Å²) in [5, 5.41) is 1.04. The van der Waals surface area contributed by atoms with Gasteiger partial charge in [0.15, 0.2) is 0 Å². The monoisotopic (exact) mass is 276 g/mol. The van der Waals surface area contributed by atoms with E-state index in [1.807, 2.05) is 12.1 Å². The Morgan fingerprint density at radius 2 is 1.79 bits per heavy atom. The molecule has 4 heteroatoms. The van der Waals surface area contributed by atoms with Gasteiger partial charge in [-0.15, -0.1) is 0 Å². The number of rotatable bonds is 2. The second kappa shape index (κ2) is 4.53. The van der Waals surface area contributed by atoms with Crippen LogP contribution in [0.25, 0.3) is 11.0 Å². The molecular formula is C15H20O3Si. The van der Waals surface area contributed by atoms with Gasteiger partial charge in [-0.1, -0.05) is 20.8 Å². The second-order valence-electron chi connectivity index (χ2n) is 6.32. The van der Waals surface area contributed by atoms with E-state index in [9.17, 15) is 4.79 Å². The SMILES string of the molecule is CC(C)(C)[Si](C)(C)Oc1ccc2oc(=O)ccc2c1. The van der Waals surface area contributed by atoms with Crippen LogP contribution in [0, 0.1) is 0 Å². The van der Waals surface area contributed by atoms with E-state index < -0.39 is 8.32 Å². The highest BCUT2D eigenvalue weighted by Gasteiger charge is 2.38. The molecule has 1 aromatic carbocycles. The molecule has 3 nitrogen and oxygen atoms in total. The minimum atomic E-state index is -1.84. The maximum Gasteiger partial charge on any atom is 0.336 e. The fourth-order valence-corrected chi connectivity index (χ4v) is 2.58. The minimum absolute atomic E-state index is 0.158. The summed E-state index contributed by atoms with van der Waals surface area (Å²) < 4.78 is 11.3. The van der Waals surface area contributed by atoms with Crippen molar-refractivity contribution < 1.29 is 8.84 Å². The van der Waals surface area contributed by atoms with E-state index in [1.165, 1.54) is 6.07 Å². The smallest absolute Gasteiger partial charge is 0.336 e. The predicted molar refractivity (Wildman–Crippen MR) is 80.3 cm³/mol. The van der Waals surface area contributed by atoms with Crippen molar-refractivity contribution in [3.8, 4) is 5.75 Å². The molecule has 0 aliphatic heterocycles. The van der Waals surface area contributed by atoms with Gasteiger partial charge in [0.25, 0.3) is 0 Å². The highest BCUT2D eigenvalue weighted by Crippen LogP contribution is 2.37. The summed E-state index contributed by atoms with van der Waals surface area (Å²) >= 11 is 0. The first-order valence-corrected chi connectivity index (χ1v) is 9.33. The van der Waals surface area contributed by atoms with Gasteiger partial charge in [0.2, 0.25) is 8.32 Å². The van der Waals surface area contributed by atoms with Crippen LogP contribution in [0.5, 0.6) is 5.75 Å². The molecule has 0 radical (unpaired) electrons. The highest BCUT2D eigenvalue weighted by molar-refractivity contribution is 6.74. The van der Waals surface area contributed by atoms with Crippen molar-refractivity contribution in [2.24, 2.45) is 0 Å².